The highest BCUT2D eigenvalue weighted by Crippen LogP contribution is 2.22. The second-order valence-corrected chi connectivity index (χ2v) is 6.32. The van der Waals surface area contributed by atoms with E-state index in [9.17, 15) is 4.79 Å². The third-order valence-corrected chi connectivity index (χ3v) is 4.56. The van der Waals surface area contributed by atoms with Crippen molar-refractivity contribution in [2.45, 2.75) is 44.4 Å². The Morgan fingerprint density at radius 1 is 1.28 bits per heavy atom. The van der Waals surface area contributed by atoms with E-state index in [1.165, 1.54) is 5.56 Å². The lowest BCUT2D eigenvalue weighted by molar-refractivity contribution is -0.135. The first-order valence-electron chi connectivity index (χ1n) is 8.57. The van der Waals surface area contributed by atoms with E-state index in [0.717, 1.165) is 43.5 Å². The zero-order valence-electron chi connectivity index (χ0n) is 14.0. The van der Waals surface area contributed by atoms with E-state index in [1.54, 1.807) is 6.07 Å². The van der Waals surface area contributed by atoms with E-state index in [0.29, 0.717) is 18.2 Å². The predicted molar refractivity (Wildman–Crippen MR) is 94.4 cm³/mol. The van der Waals surface area contributed by atoms with Gasteiger partial charge in [0.05, 0.1) is 5.69 Å². The first-order valence-corrected chi connectivity index (χ1v) is 8.57. The van der Waals surface area contributed by atoms with Crippen LogP contribution in [0.5, 0.6) is 0 Å². The van der Waals surface area contributed by atoms with Gasteiger partial charge in [-0.25, -0.2) is 4.98 Å². The van der Waals surface area contributed by atoms with Crippen LogP contribution in [0.15, 0.2) is 42.5 Å². The average molecular weight is 335 g/mol. The first kappa shape index (κ1) is 17.1. The Hall–Kier alpha value is -2.71. The summed E-state index contributed by atoms with van der Waals surface area (Å²) in [5.41, 5.74) is 3.39. The van der Waals surface area contributed by atoms with Crippen LogP contribution in [0.3, 0.4) is 0 Å². The summed E-state index contributed by atoms with van der Waals surface area (Å²) >= 11 is 0. The summed E-state index contributed by atoms with van der Waals surface area (Å²) in [4.78, 5) is 14.9. The van der Waals surface area contributed by atoms with Gasteiger partial charge >= 0.3 is 0 Å². The van der Waals surface area contributed by atoms with Gasteiger partial charge in [-0.05, 0) is 49.4 Å². The van der Waals surface area contributed by atoms with E-state index >= 15 is 0 Å². The van der Waals surface area contributed by atoms with Crippen LogP contribution in [0.25, 0.3) is 11.3 Å². The van der Waals surface area contributed by atoms with Crippen molar-refractivity contribution in [1.82, 2.24) is 10.3 Å². The zero-order valence-corrected chi connectivity index (χ0v) is 14.0. The number of rotatable bonds is 6. The molecule has 1 aliphatic rings. The number of hydrogen-bond acceptors (Lipinski definition) is 5. The van der Waals surface area contributed by atoms with Crippen LogP contribution < -0.4 is 5.32 Å². The van der Waals surface area contributed by atoms with Crippen molar-refractivity contribution in [1.29, 1.82) is 5.26 Å². The fraction of sp³-hybridized carbons (Fsp3) is 0.350. The second-order valence-electron chi connectivity index (χ2n) is 6.32. The number of carbonyl (C=O) groups is 1. The minimum atomic E-state index is 0.0352. The third kappa shape index (κ3) is 4.65. The van der Waals surface area contributed by atoms with Crippen LogP contribution in [-0.4, -0.2) is 23.6 Å². The lowest BCUT2D eigenvalue weighted by atomic mass is 9.92. The molecule has 25 heavy (non-hydrogen) atoms. The Labute approximate surface area is 147 Å². The Balaban J connectivity index is 1.64. The highest BCUT2D eigenvalue weighted by atomic mass is 16.5. The lowest BCUT2D eigenvalue weighted by Crippen LogP contribution is -2.36. The number of nitrogens with one attached hydrogen (secondary N) is 1. The predicted octanol–water partition coefficient (Wildman–Crippen LogP) is 3.19. The number of nitriles is 1. The third-order valence-electron chi connectivity index (χ3n) is 4.56. The molecule has 0 saturated heterocycles. The number of carbonyl (C=O) groups excluding carboxylic acids is 1. The summed E-state index contributed by atoms with van der Waals surface area (Å²) in [5, 5.41) is 12.6. The topological polar surface area (TPSA) is 75.0 Å². The van der Waals surface area contributed by atoms with Gasteiger partial charge in [-0.2, -0.15) is 5.26 Å². The number of nitrogens with zero attached hydrogens (tertiary/aromatic N) is 2. The molecule has 0 aliphatic heterocycles. The van der Waals surface area contributed by atoms with Gasteiger partial charge in [-0.3, -0.25) is 4.79 Å². The summed E-state index contributed by atoms with van der Waals surface area (Å²) in [6, 6.07) is 16.1. The van der Waals surface area contributed by atoms with Crippen molar-refractivity contribution < 1.29 is 9.53 Å². The zero-order chi connectivity index (χ0) is 17.5. The summed E-state index contributed by atoms with van der Waals surface area (Å²) < 4.78 is 5.11. The fourth-order valence-corrected chi connectivity index (χ4v) is 3.29. The maximum Gasteiger partial charge on any atom is 0.293 e. The summed E-state index contributed by atoms with van der Waals surface area (Å²) in [6.07, 6.45) is 4.02. The van der Waals surface area contributed by atoms with E-state index in [4.69, 9.17) is 10.00 Å². The highest BCUT2D eigenvalue weighted by molar-refractivity contribution is 5.60. The fourth-order valence-electron chi connectivity index (χ4n) is 3.29. The van der Waals surface area contributed by atoms with Gasteiger partial charge in [0.2, 0.25) is 0 Å². The number of pyridine rings is 1. The summed E-state index contributed by atoms with van der Waals surface area (Å²) in [6.45, 7) is 1.31. The van der Waals surface area contributed by atoms with Gasteiger partial charge in [0, 0.05) is 18.2 Å². The van der Waals surface area contributed by atoms with Gasteiger partial charge in [0.15, 0.2) is 0 Å². The van der Waals surface area contributed by atoms with Crippen LogP contribution in [0.1, 0.15) is 36.9 Å². The molecule has 1 heterocycles. The minimum Gasteiger partial charge on any atom is -0.465 e. The maximum absolute atomic E-state index is 10.5. The van der Waals surface area contributed by atoms with Crippen molar-refractivity contribution >= 4 is 6.47 Å². The smallest absolute Gasteiger partial charge is 0.293 e. The van der Waals surface area contributed by atoms with E-state index in [1.807, 2.05) is 24.3 Å². The normalized spacial score (nSPS) is 19.8. The van der Waals surface area contributed by atoms with Crippen LogP contribution in [0.4, 0.5) is 0 Å². The number of aromatic nitrogens is 1. The monoisotopic (exact) mass is 335 g/mol. The van der Waals surface area contributed by atoms with Gasteiger partial charge in [-0.1, -0.05) is 24.3 Å². The van der Waals surface area contributed by atoms with Crippen molar-refractivity contribution in [3.8, 4) is 17.3 Å². The lowest BCUT2D eigenvalue weighted by Gasteiger charge is -2.28. The Kier molecular flexibility index (Phi) is 5.76. The standard InChI is InChI=1S/C20H21N3O2/c21-12-18-7-3-9-20(23-18)16-5-1-4-15(10-16)13-22-17-6-2-8-19(11-17)25-14-24/h1,3-5,7,9-10,14,17,19,22H,2,6,8,11,13H2. The molecule has 5 heteroatoms. The summed E-state index contributed by atoms with van der Waals surface area (Å²) in [5.74, 6) is 0. The van der Waals surface area contributed by atoms with Crippen molar-refractivity contribution in [2.24, 2.45) is 0 Å². The molecule has 2 unspecified atom stereocenters. The number of ether oxygens (including phenoxy) is 1. The molecule has 1 fully saturated rings. The van der Waals surface area contributed by atoms with Crippen molar-refractivity contribution in [3.05, 3.63) is 53.7 Å². The Bertz CT molecular complexity index is 770. The molecular formula is C20H21N3O2. The molecule has 2 atom stereocenters. The highest BCUT2D eigenvalue weighted by Gasteiger charge is 2.22. The van der Waals surface area contributed by atoms with Gasteiger partial charge in [0.1, 0.15) is 17.9 Å². The van der Waals surface area contributed by atoms with Crippen LogP contribution in [-0.2, 0) is 16.1 Å². The van der Waals surface area contributed by atoms with Crippen LogP contribution in [0.2, 0.25) is 0 Å². The molecule has 5 nitrogen and oxygen atoms in total. The molecular weight excluding hydrogens is 314 g/mol. The maximum atomic E-state index is 10.5. The molecule has 2 aromatic rings. The Morgan fingerprint density at radius 3 is 3.00 bits per heavy atom. The number of hydrogen-bond donors (Lipinski definition) is 1. The SMILES string of the molecule is N#Cc1cccc(-c2cccc(CNC3CCCC(OC=O)C3)c2)n1. The van der Waals surface area contributed by atoms with E-state index in [-0.39, 0.29) is 6.10 Å². The van der Waals surface area contributed by atoms with Gasteiger partial charge in [0.25, 0.3) is 6.47 Å². The largest absolute Gasteiger partial charge is 0.465 e. The molecule has 1 aromatic carbocycles. The van der Waals surface area contributed by atoms with Crippen LogP contribution in [0, 0.1) is 11.3 Å². The average Bonchev–Trinajstić information content (AvgIpc) is 2.67. The molecule has 1 N–H and O–H groups in total. The van der Waals surface area contributed by atoms with E-state index in [2.05, 4.69) is 28.5 Å². The quantitative estimate of drug-likeness (QED) is 0.821. The van der Waals surface area contributed by atoms with Crippen molar-refractivity contribution in [3.63, 3.8) is 0 Å². The molecule has 1 saturated carbocycles. The molecule has 0 spiro atoms. The number of benzene rings is 1. The molecule has 0 radical (unpaired) electrons. The Morgan fingerprint density at radius 2 is 2.16 bits per heavy atom. The van der Waals surface area contributed by atoms with Gasteiger partial charge in [-0.15, -0.1) is 0 Å². The molecule has 0 bridgehead atoms. The molecule has 128 valence electrons. The van der Waals surface area contributed by atoms with Crippen LogP contribution >= 0.6 is 0 Å². The molecule has 1 aromatic heterocycles. The molecule has 1 aliphatic carbocycles. The van der Waals surface area contributed by atoms with Crippen molar-refractivity contribution in [2.75, 3.05) is 0 Å². The van der Waals surface area contributed by atoms with E-state index < -0.39 is 0 Å². The molecule has 3 rings (SSSR count). The van der Waals surface area contributed by atoms with Gasteiger partial charge < -0.3 is 10.1 Å². The second kappa shape index (κ2) is 8.41. The minimum absolute atomic E-state index is 0.0352. The first-order chi connectivity index (χ1) is 12.3. The summed E-state index contributed by atoms with van der Waals surface area (Å²) in [7, 11) is 0. The molecule has 0 amide bonds.